The molecule has 1 aliphatic heterocycles. The molecule has 0 unspecified atom stereocenters. The Kier molecular flexibility index (Phi) is 6.12. The summed E-state index contributed by atoms with van der Waals surface area (Å²) in [5.74, 6) is -2.37. The number of hydrogen-bond donors (Lipinski definition) is 1. The van der Waals surface area contributed by atoms with Crippen LogP contribution in [0.15, 0.2) is 52.7 Å². The van der Waals surface area contributed by atoms with Gasteiger partial charge in [-0.3, -0.25) is 10.1 Å². The molecule has 4 rings (SSSR count). The van der Waals surface area contributed by atoms with E-state index in [9.17, 15) is 22.0 Å². The van der Waals surface area contributed by atoms with E-state index in [1.165, 1.54) is 34.6 Å². The van der Waals surface area contributed by atoms with Gasteiger partial charge in [-0.2, -0.15) is 4.31 Å². The van der Waals surface area contributed by atoms with Crippen molar-refractivity contribution in [2.45, 2.75) is 24.2 Å². The van der Waals surface area contributed by atoms with Crippen LogP contribution >= 0.6 is 11.3 Å². The number of benzene rings is 2. The third-order valence-electron chi connectivity index (χ3n) is 5.01. The molecule has 1 saturated heterocycles. The summed E-state index contributed by atoms with van der Waals surface area (Å²) in [6.07, 6.45) is 2.72. The van der Waals surface area contributed by atoms with E-state index in [2.05, 4.69) is 10.3 Å². The standard InChI is InChI=1S/C21H19F2N3O3S2/c22-17-9-6-15(12-18(17)23)19-13-30-21(24-19)25-20(27)14-4-7-16(8-5-14)31(28,29)26-10-2-1-3-11-26/h4-9,12-13H,1-3,10-11H2,(H,24,25,27). The van der Waals surface area contributed by atoms with Crippen molar-refractivity contribution in [1.82, 2.24) is 9.29 Å². The lowest BCUT2D eigenvalue weighted by Crippen LogP contribution is -2.35. The number of halogens is 2. The molecule has 1 aromatic heterocycles. The minimum Gasteiger partial charge on any atom is -0.298 e. The fourth-order valence-corrected chi connectivity index (χ4v) is 5.55. The molecule has 31 heavy (non-hydrogen) atoms. The third-order valence-corrected chi connectivity index (χ3v) is 7.68. The number of aromatic nitrogens is 1. The van der Waals surface area contributed by atoms with Crippen molar-refractivity contribution in [2.24, 2.45) is 0 Å². The maximum Gasteiger partial charge on any atom is 0.257 e. The van der Waals surface area contributed by atoms with Gasteiger partial charge in [0.15, 0.2) is 16.8 Å². The van der Waals surface area contributed by atoms with Gasteiger partial charge >= 0.3 is 0 Å². The maximum atomic E-state index is 13.4. The molecule has 0 bridgehead atoms. The molecule has 2 heterocycles. The van der Waals surface area contributed by atoms with Crippen LogP contribution in [-0.4, -0.2) is 36.7 Å². The molecule has 10 heteroatoms. The fourth-order valence-electron chi connectivity index (χ4n) is 3.32. The molecule has 0 aliphatic carbocycles. The molecule has 6 nitrogen and oxygen atoms in total. The normalized spacial score (nSPS) is 15.0. The number of nitrogens with one attached hydrogen (secondary N) is 1. The number of nitrogens with zero attached hydrogens (tertiary/aromatic N) is 2. The van der Waals surface area contributed by atoms with E-state index < -0.39 is 27.6 Å². The van der Waals surface area contributed by atoms with E-state index in [4.69, 9.17) is 0 Å². The van der Waals surface area contributed by atoms with E-state index in [1.54, 1.807) is 5.38 Å². The third kappa shape index (κ3) is 4.65. The molecular formula is C21H19F2N3O3S2. The first-order chi connectivity index (χ1) is 14.8. The van der Waals surface area contributed by atoms with Crippen molar-refractivity contribution < 1.29 is 22.0 Å². The van der Waals surface area contributed by atoms with E-state index in [-0.39, 0.29) is 15.6 Å². The molecule has 1 fully saturated rings. The summed E-state index contributed by atoms with van der Waals surface area (Å²) < 4.78 is 53.4. The Morgan fingerprint density at radius 2 is 1.71 bits per heavy atom. The monoisotopic (exact) mass is 463 g/mol. The summed E-state index contributed by atoms with van der Waals surface area (Å²) in [6.45, 7) is 1.02. The average molecular weight is 464 g/mol. The first-order valence-electron chi connectivity index (χ1n) is 9.67. The lowest BCUT2D eigenvalue weighted by molar-refractivity contribution is 0.102. The Labute approximate surface area is 182 Å². The summed E-state index contributed by atoms with van der Waals surface area (Å²) >= 11 is 1.14. The van der Waals surface area contributed by atoms with Crippen LogP contribution in [0.4, 0.5) is 13.9 Å². The average Bonchev–Trinajstić information content (AvgIpc) is 3.25. The Hall–Kier alpha value is -2.69. The van der Waals surface area contributed by atoms with Gasteiger partial charge in [-0.15, -0.1) is 11.3 Å². The zero-order valence-electron chi connectivity index (χ0n) is 16.3. The number of thiazole rings is 1. The lowest BCUT2D eigenvalue weighted by atomic mass is 10.2. The van der Waals surface area contributed by atoms with Gasteiger partial charge in [0.1, 0.15) is 0 Å². The maximum absolute atomic E-state index is 13.4. The number of hydrogen-bond acceptors (Lipinski definition) is 5. The van der Waals surface area contributed by atoms with Gasteiger partial charge in [-0.05, 0) is 55.3 Å². The summed E-state index contributed by atoms with van der Waals surface area (Å²) in [5.41, 5.74) is 1.08. The first-order valence-corrected chi connectivity index (χ1v) is 12.0. The van der Waals surface area contributed by atoms with Gasteiger partial charge in [0.25, 0.3) is 5.91 Å². The molecular weight excluding hydrogens is 444 g/mol. The summed E-state index contributed by atoms with van der Waals surface area (Å²) in [6, 6.07) is 9.22. The molecule has 1 N–H and O–H groups in total. The summed E-state index contributed by atoms with van der Waals surface area (Å²) in [5, 5.41) is 4.55. The second kappa shape index (κ2) is 8.81. The van der Waals surface area contributed by atoms with Crippen LogP contribution in [0, 0.1) is 11.6 Å². The number of sulfonamides is 1. The Morgan fingerprint density at radius 3 is 2.39 bits per heavy atom. The minimum atomic E-state index is -3.56. The number of rotatable bonds is 5. The van der Waals surface area contributed by atoms with Gasteiger partial charge < -0.3 is 0 Å². The van der Waals surface area contributed by atoms with Crippen LogP contribution in [0.25, 0.3) is 11.3 Å². The molecule has 0 radical (unpaired) electrons. The molecule has 0 saturated carbocycles. The van der Waals surface area contributed by atoms with Crippen LogP contribution in [0.5, 0.6) is 0 Å². The van der Waals surface area contributed by atoms with E-state index in [0.717, 1.165) is 42.7 Å². The molecule has 1 amide bonds. The Morgan fingerprint density at radius 1 is 1.00 bits per heavy atom. The largest absolute Gasteiger partial charge is 0.298 e. The second-order valence-electron chi connectivity index (χ2n) is 7.11. The summed E-state index contributed by atoms with van der Waals surface area (Å²) in [4.78, 5) is 16.9. The van der Waals surface area contributed by atoms with E-state index >= 15 is 0 Å². The van der Waals surface area contributed by atoms with Crippen molar-refractivity contribution in [3.63, 3.8) is 0 Å². The molecule has 2 aromatic carbocycles. The highest BCUT2D eigenvalue weighted by molar-refractivity contribution is 7.89. The van der Waals surface area contributed by atoms with Crippen LogP contribution in [-0.2, 0) is 10.0 Å². The van der Waals surface area contributed by atoms with E-state index in [0.29, 0.717) is 24.3 Å². The SMILES string of the molecule is O=C(Nc1nc(-c2ccc(F)c(F)c2)cs1)c1ccc(S(=O)(=O)N2CCCCC2)cc1. The Bertz CT molecular complexity index is 1200. The highest BCUT2D eigenvalue weighted by Gasteiger charge is 2.26. The number of carbonyl (C=O) groups is 1. The molecule has 1 aliphatic rings. The lowest BCUT2D eigenvalue weighted by Gasteiger charge is -2.25. The quantitative estimate of drug-likeness (QED) is 0.604. The molecule has 0 atom stereocenters. The van der Waals surface area contributed by atoms with Gasteiger partial charge in [0.2, 0.25) is 10.0 Å². The highest BCUT2D eigenvalue weighted by atomic mass is 32.2. The van der Waals surface area contributed by atoms with Crippen molar-refractivity contribution >= 4 is 32.4 Å². The van der Waals surface area contributed by atoms with Crippen molar-refractivity contribution in [1.29, 1.82) is 0 Å². The summed E-state index contributed by atoms with van der Waals surface area (Å²) in [7, 11) is -3.56. The van der Waals surface area contributed by atoms with Crippen molar-refractivity contribution in [3.8, 4) is 11.3 Å². The topological polar surface area (TPSA) is 79.4 Å². The van der Waals surface area contributed by atoms with Gasteiger partial charge in [-0.25, -0.2) is 22.2 Å². The predicted octanol–water partition coefficient (Wildman–Crippen LogP) is 4.52. The van der Waals surface area contributed by atoms with Crippen LogP contribution < -0.4 is 5.32 Å². The number of piperidine rings is 1. The zero-order valence-corrected chi connectivity index (χ0v) is 18.0. The molecule has 0 spiro atoms. The molecule has 162 valence electrons. The van der Waals surface area contributed by atoms with Crippen molar-refractivity contribution in [3.05, 3.63) is 65.0 Å². The number of anilines is 1. The molecule has 3 aromatic rings. The first kappa shape index (κ1) is 21.5. The minimum absolute atomic E-state index is 0.154. The smallest absolute Gasteiger partial charge is 0.257 e. The number of carbonyl (C=O) groups excluding carboxylic acids is 1. The van der Waals surface area contributed by atoms with Gasteiger partial charge in [0.05, 0.1) is 10.6 Å². The fraction of sp³-hybridized carbons (Fsp3) is 0.238. The number of amides is 1. The zero-order chi connectivity index (χ0) is 22.0. The van der Waals surface area contributed by atoms with Crippen LogP contribution in [0.3, 0.4) is 0 Å². The van der Waals surface area contributed by atoms with Crippen molar-refractivity contribution in [2.75, 3.05) is 18.4 Å². The van der Waals surface area contributed by atoms with Crippen LogP contribution in [0.1, 0.15) is 29.6 Å². The van der Waals surface area contributed by atoms with Gasteiger partial charge in [0, 0.05) is 29.6 Å². The highest BCUT2D eigenvalue weighted by Crippen LogP contribution is 2.27. The predicted molar refractivity (Wildman–Crippen MR) is 114 cm³/mol. The van der Waals surface area contributed by atoms with Crippen LogP contribution in [0.2, 0.25) is 0 Å². The Balaban J connectivity index is 1.45. The van der Waals surface area contributed by atoms with Gasteiger partial charge in [-0.1, -0.05) is 6.42 Å². The van der Waals surface area contributed by atoms with E-state index in [1.807, 2.05) is 0 Å². The second-order valence-corrected chi connectivity index (χ2v) is 9.91.